The Hall–Kier alpha value is -0.980. The topological polar surface area (TPSA) is 9.23 Å². The monoisotopic (exact) mass is 230 g/mol. The summed E-state index contributed by atoms with van der Waals surface area (Å²) < 4.78 is 5.39. The molecule has 17 heavy (non-hydrogen) atoms. The summed E-state index contributed by atoms with van der Waals surface area (Å²) >= 11 is 0. The first-order valence-corrected chi connectivity index (χ1v) is 7.00. The van der Waals surface area contributed by atoms with E-state index in [0.717, 1.165) is 23.5 Å². The standard InChI is InChI=1S/C16H22O/c1-3-4-15-14-8-6-11(14)9-12-5-7-13(17-2)10-16(12)15/h5,7,10-11,14-15H,3-4,6,8-9H2,1-2H3/t11-,14-,15-/m0/s1. The highest BCUT2D eigenvalue weighted by molar-refractivity contribution is 5.41. The van der Waals surface area contributed by atoms with Gasteiger partial charge in [0.15, 0.2) is 0 Å². The lowest BCUT2D eigenvalue weighted by molar-refractivity contribution is 0.121. The molecule has 0 aliphatic heterocycles. The van der Waals surface area contributed by atoms with E-state index in [1.54, 1.807) is 18.2 Å². The first-order chi connectivity index (χ1) is 8.33. The second kappa shape index (κ2) is 4.36. The van der Waals surface area contributed by atoms with Crippen LogP contribution in [0.15, 0.2) is 18.2 Å². The van der Waals surface area contributed by atoms with E-state index in [1.165, 1.54) is 32.1 Å². The number of ether oxygens (including phenoxy) is 1. The smallest absolute Gasteiger partial charge is 0.119 e. The SMILES string of the molecule is CCC[C@@H]1c2cc(OC)ccc2C[C@@H]2CC[C@@H]21. The molecule has 0 unspecified atom stereocenters. The van der Waals surface area contributed by atoms with Gasteiger partial charge in [0.2, 0.25) is 0 Å². The minimum Gasteiger partial charge on any atom is -0.497 e. The van der Waals surface area contributed by atoms with Crippen molar-refractivity contribution < 1.29 is 4.74 Å². The first kappa shape index (κ1) is 11.1. The molecular formula is C16H22O. The fourth-order valence-electron chi connectivity index (χ4n) is 3.80. The third-order valence-electron chi connectivity index (χ3n) is 4.83. The van der Waals surface area contributed by atoms with Gasteiger partial charge >= 0.3 is 0 Å². The molecular weight excluding hydrogens is 208 g/mol. The van der Waals surface area contributed by atoms with Crippen LogP contribution in [0.2, 0.25) is 0 Å². The van der Waals surface area contributed by atoms with Gasteiger partial charge in [0, 0.05) is 0 Å². The molecule has 1 heteroatoms. The zero-order valence-electron chi connectivity index (χ0n) is 10.9. The second-order valence-electron chi connectivity index (χ2n) is 5.67. The van der Waals surface area contributed by atoms with E-state index < -0.39 is 0 Å². The average molecular weight is 230 g/mol. The number of methoxy groups -OCH3 is 1. The highest BCUT2D eigenvalue weighted by Crippen LogP contribution is 2.52. The largest absolute Gasteiger partial charge is 0.497 e. The van der Waals surface area contributed by atoms with Crippen LogP contribution in [-0.4, -0.2) is 7.11 Å². The van der Waals surface area contributed by atoms with E-state index in [-0.39, 0.29) is 0 Å². The first-order valence-electron chi connectivity index (χ1n) is 7.00. The number of rotatable bonds is 3. The number of benzene rings is 1. The van der Waals surface area contributed by atoms with E-state index >= 15 is 0 Å². The zero-order chi connectivity index (χ0) is 11.8. The predicted octanol–water partition coefficient (Wildman–Crippen LogP) is 4.16. The van der Waals surface area contributed by atoms with Crippen molar-refractivity contribution in [3.8, 4) is 5.75 Å². The molecule has 0 aromatic heterocycles. The molecule has 0 N–H and O–H groups in total. The molecule has 0 radical (unpaired) electrons. The maximum absolute atomic E-state index is 5.39. The van der Waals surface area contributed by atoms with Crippen molar-refractivity contribution in [2.45, 2.75) is 44.9 Å². The predicted molar refractivity (Wildman–Crippen MR) is 70.6 cm³/mol. The molecule has 0 amide bonds. The Morgan fingerprint density at radius 3 is 2.82 bits per heavy atom. The van der Waals surface area contributed by atoms with Crippen molar-refractivity contribution in [1.82, 2.24) is 0 Å². The summed E-state index contributed by atoms with van der Waals surface area (Å²) in [6.45, 7) is 2.31. The quantitative estimate of drug-likeness (QED) is 0.757. The van der Waals surface area contributed by atoms with Crippen LogP contribution in [-0.2, 0) is 6.42 Å². The molecule has 3 rings (SSSR count). The van der Waals surface area contributed by atoms with Gasteiger partial charge in [-0.05, 0) is 66.7 Å². The van der Waals surface area contributed by atoms with E-state index in [2.05, 4.69) is 25.1 Å². The molecule has 1 aromatic rings. The second-order valence-corrected chi connectivity index (χ2v) is 5.67. The third-order valence-corrected chi connectivity index (χ3v) is 4.83. The Labute approximate surface area is 104 Å². The van der Waals surface area contributed by atoms with Crippen molar-refractivity contribution >= 4 is 0 Å². The summed E-state index contributed by atoms with van der Waals surface area (Å²) in [5.74, 6) is 3.78. The van der Waals surface area contributed by atoms with Crippen molar-refractivity contribution in [1.29, 1.82) is 0 Å². The molecule has 0 heterocycles. The minimum atomic E-state index is 0.803. The summed E-state index contributed by atoms with van der Waals surface area (Å²) in [5, 5.41) is 0. The van der Waals surface area contributed by atoms with Crippen LogP contribution in [0.25, 0.3) is 0 Å². The number of hydrogen-bond donors (Lipinski definition) is 0. The zero-order valence-corrected chi connectivity index (χ0v) is 10.9. The summed E-state index contributed by atoms with van der Waals surface area (Å²) in [6.07, 6.45) is 6.86. The van der Waals surface area contributed by atoms with E-state index in [1.807, 2.05) is 0 Å². The van der Waals surface area contributed by atoms with Crippen LogP contribution in [0.3, 0.4) is 0 Å². The third kappa shape index (κ3) is 1.76. The summed E-state index contributed by atoms with van der Waals surface area (Å²) in [4.78, 5) is 0. The Bertz CT molecular complexity index is 410. The van der Waals surface area contributed by atoms with Gasteiger partial charge in [0.1, 0.15) is 5.75 Å². The van der Waals surface area contributed by atoms with Crippen molar-refractivity contribution in [3.05, 3.63) is 29.3 Å². The van der Waals surface area contributed by atoms with Crippen molar-refractivity contribution in [3.63, 3.8) is 0 Å². The van der Waals surface area contributed by atoms with Gasteiger partial charge < -0.3 is 4.74 Å². The summed E-state index contributed by atoms with van der Waals surface area (Å²) in [7, 11) is 1.77. The van der Waals surface area contributed by atoms with Crippen LogP contribution in [0.5, 0.6) is 5.75 Å². The Kier molecular flexibility index (Phi) is 2.85. The van der Waals surface area contributed by atoms with Crippen LogP contribution in [0.4, 0.5) is 0 Å². The van der Waals surface area contributed by atoms with Crippen LogP contribution >= 0.6 is 0 Å². The molecule has 1 saturated carbocycles. The lowest BCUT2D eigenvalue weighted by Crippen LogP contribution is -2.37. The van der Waals surface area contributed by atoms with Gasteiger partial charge in [-0.2, -0.15) is 0 Å². The van der Waals surface area contributed by atoms with Crippen LogP contribution in [0, 0.1) is 11.8 Å². The fourth-order valence-corrected chi connectivity index (χ4v) is 3.80. The van der Waals surface area contributed by atoms with Gasteiger partial charge in [-0.15, -0.1) is 0 Å². The van der Waals surface area contributed by atoms with Gasteiger partial charge in [-0.1, -0.05) is 19.4 Å². The van der Waals surface area contributed by atoms with Crippen LogP contribution < -0.4 is 4.74 Å². The number of hydrogen-bond acceptors (Lipinski definition) is 1. The molecule has 0 saturated heterocycles. The Morgan fingerprint density at radius 2 is 2.18 bits per heavy atom. The average Bonchev–Trinajstić information content (AvgIpc) is 2.33. The molecule has 2 aliphatic carbocycles. The van der Waals surface area contributed by atoms with Gasteiger partial charge in [-0.3, -0.25) is 0 Å². The van der Waals surface area contributed by atoms with Gasteiger partial charge in [0.25, 0.3) is 0 Å². The molecule has 0 spiro atoms. The summed E-state index contributed by atoms with van der Waals surface area (Å²) in [6, 6.07) is 6.72. The molecule has 1 fully saturated rings. The summed E-state index contributed by atoms with van der Waals surface area (Å²) in [5.41, 5.74) is 3.18. The highest BCUT2D eigenvalue weighted by atomic mass is 16.5. The fraction of sp³-hybridized carbons (Fsp3) is 0.625. The lowest BCUT2D eigenvalue weighted by Gasteiger charge is -2.47. The molecule has 1 aromatic carbocycles. The molecule has 3 atom stereocenters. The Morgan fingerprint density at radius 1 is 1.29 bits per heavy atom. The van der Waals surface area contributed by atoms with Gasteiger partial charge in [-0.25, -0.2) is 0 Å². The van der Waals surface area contributed by atoms with E-state index in [4.69, 9.17) is 4.74 Å². The normalized spacial score (nSPS) is 30.1. The molecule has 0 bridgehead atoms. The maximum Gasteiger partial charge on any atom is 0.119 e. The lowest BCUT2D eigenvalue weighted by atomic mass is 9.58. The van der Waals surface area contributed by atoms with Crippen molar-refractivity contribution in [2.24, 2.45) is 11.8 Å². The van der Waals surface area contributed by atoms with Crippen molar-refractivity contribution in [2.75, 3.05) is 7.11 Å². The maximum atomic E-state index is 5.39. The van der Waals surface area contributed by atoms with E-state index in [9.17, 15) is 0 Å². The number of fused-ring (bicyclic) bond motifs is 2. The molecule has 92 valence electrons. The highest BCUT2D eigenvalue weighted by Gasteiger charge is 2.41. The Balaban J connectivity index is 1.98. The van der Waals surface area contributed by atoms with E-state index in [0.29, 0.717) is 0 Å². The molecule has 2 aliphatic rings. The minimum absolute atomic E-state index is 0.803. The van der Waals surface area contributed by atoms with Crippen LogP contribution in [0.1, 0.15) is 49.7 Å². The molecule has 1 nitrogen and oxygen atoms in total. The van der Waals surface area contributed by atoms with Gasteiger partial charge in [0.05, 0.1) is 7.11 Å².